The summed E-state index contributed by atoms with van der Waals surface area (Å²) in [6.45, 7) is 23.1. The molecule has 0 aromatic rings. The molecule has 0 aromatic carbocycles. The molecule has 134 valence electrons. The minimum absolute atomic E-state index is 0.0327. The van der Waals surface area contributed by atoms with Gasteiger partial charge in [-0.05, 0) is 36.3 Å². The number of rotatable bonds is 4. The molecular weight excluding hydrogens is 320 g/mol. The fourth-order valence-corrected chi connectivity index (χ4v) is 4.78. The van der Waals surface area contributed by atoms with E-state index in [9.17, 15) is 5.26 Å². The lowest BCUT2D eigenvalue weighted by atomic mass is 10.2. The van der Waals surface area contributed by atoms with Crippen LogP contribution in [0.15, 0.2) is 0 Å². The molecule has 1 heterocycles. The van der Waals surface area contributed by atoms with Crippen LogP contribution in [0.3, 0.4) is 0 Å². The molecule has 0 spiro atoms. The minimum atomic E-state index is -1.95. The van der Waals surface area contributed by atoms with E-state index < -0.39 is 16.6 Å². The van der Waals surface area contributed by atoms with E-state index in [2.05, 4.69) is 79.1 Å². The van der Waals surface area contributed by atoms with Crippen molar-refractivity contribution in [3.05, 3.63) is 0 Å². The van der Waals surface area contributed by atoms with E-state index in [1.165, 1.54) is 0 Å². The van der Waals surface area contributed by atoms with Gasteiger partial charge >= 0.3 is 0 Å². The fraction of sp³-hybridized carbons (Fsp3) is 0.941. The summed E-state index contributed by atoms with van der Waals surface area (Å²) in [6.07, 6.45) is -0.204. The van der Waals surface area contributed by atoms with Gasteiger partial charge < -0.3 is 8.85 Å². The fourth-order valence-electron chi connectivity index (χ4n) is 2.13. The maximum atomic E-state index is 9.49. The summed E-state index contributed by atoms with van der Waals surface area (Å²) in [5, 5.41) is 13.1. The Morgan fingerprint density at radius 2 is 1.35 bits per heavy atom. The summed E-state index contributed by atoms with van der Waals surface area (Å²) < 4.78 is 13.2. The molecule has 1 fully saturated rings. The van der Waals surface area contributed by atoms with Crippen LogP contribution in [-0.2, 0) is 8.85 Å². The zero-order valence-corrected chi connectivity index (χ0v) is 18.7. The molecule has 1 saturated heterocycles. The summed E-state index contributed by atoms with van der Waals surface area (Å²) in [5.74, 6) is 0. The maximum absolute atomic E-state index is 9.49. The Bertz CT molecular complexity index is 459. The highest BCUT2D eigenvalue weighted by Crippen LogP contribution is 2.41. The summed E-state index contributed by atoms with van der Waals surface area (Å²) >= 11 is 0. The monoisotopic (exact) mass is 356 g/mol. The van der Waals surface area contributed by atoms with Gasteiger partial charge in [0.25, 0.3) is 0 Å². The van der Waals surface area contributed by atoms with Gasteiger partial charge in [0, 0.05) is 6.54 Å². The van der Waals surface area contributed by atoms with E-state index in [-0.39, 0.29) is 28.3 Å². The normalized spacial score (nSPS) is 27.1. The molecule has 0 amide bonds. The van der Waals surface area contributed by atoms with Crippen LogP contribution in [0.4, 0.5) is 0 Å². The van der Waals surface area contributed by atoms with Crippen LogP contribution in [-0.4, -0.2) is 41.4 Å². The summed E-state index contributed by atoms with van der Waals surface area (Å²) in [4.78, 5) is 0. The van der Waals surface area contributed by atoms with E-state index >= 15 is 0 Å². The Morgan fingerprint density at radius 1 is 0.913 bits per heavy atom. The minimum Gasteiger partial charge on any atom is -0.410 e. The summed E-state index contributed by atoms with van der Waals surface area (Å²) in [6, 6.07) is 2.09. The van der Waals surface area contributed by atoms with Gasteiger partial charge in [-0.2, -0.15) is 5.26 Å². The molecule has 0 saturated carbocycles. The number of hydrogen-bond donors (Lipinski definition) is 1. The molecule has 1 aliphatic rings. The molecule has 0 bridgehead atoms. The Morgan fingerprint density at radius 3 is 1.74 bits per heavy atom. The van der Waals surface area contributed by atoms with E-state index in [4.69, 9.17) is 8.85 Å². The van der Waals surface area contributed by atoms with Crippen LogP contribution in [0, 0.1) is 11.3 Å². The van der Waals surface area contributed by atoms with Gasteiger partial charge in [-0.25, -0.2) is 0 Å². The van der Waals surface area contributed by atoms with Gasteiger partial charge in [0.1, 0.15) is 6.04 Å². The van der Waals surface area contributed by atoms with Gasteiger partial charge in [0.15, 0.2) is 16.6 Å². The molecule has 0 radical (unpaired) electrons. The second-order valence-electron chi connectivity index (χ2n) is 9.77. The van der Waals surface area contributed by atoms with E-state index in [0.717, 1.165) is 0 Å². The van der Waals surface area contributed by atoms with Crippen molar-refractivity contribution in [2.75, 3.05) is 6.54 Å². The Labute approximate surface area is 145 Å². The van der Waals surface area contributed by atoms with Crippen LogP contribution in [0.25, 0.3) is 0 Å². The topological polar surface area (TPSA) is 54.3 Å². The number of hydrogen-bond acceptors (Lipinski definition) is 4. The second kappa shape index (κ2) is 6.60. The van der Waals surface area contributed by atoms with Gasteiger partial charge in [-0.3, -0.25) is 5.32 Å². The lowest BCUT2D eigenvalue weighted by molar-refractivity contribution is 0.0630. The van der Waals surface area contributed by atoms with Crippen LogP contribution in [0.5, 0.6) is 0 Å². The van der Waals surface area contributed by atoms with Crippen LogP contribution >= 0.6 is 0 Å². The first-order valence-electron chi connectivity index (χ1n) is 8.61. The molecule has 0 unspecified atom stereocenters. The van der Waals surface area contributed by atoms with Crippen LogP contribution in [0.1, 0.15) is 41.5 Å². The van der Waals surface area contributed by atoms with Crippen molar-refractivity contribution in [1.29, 1.82) is 5.26 Å². The van der Waals surface area contributed by atoms with Crippen molar-refractivity contribution in [2.24, 2.45) is 0 Å². The van der Waals surface area contributed by atoms with Gasteiger partial charge in [0.2, 0.25) is 0 Å². The summed E-state index contributed by atoms with van der Waals surface area (Å²) in [7, 11) is -3.84. The molecule has 1 N–H and O–H groups in total. The standard InChI is InChI=1S/C17H36N2O2Si2/c1-16(2,3)22(7,8)20-14-12-19-13(11-18)15(14)21-23(9,10)17(4,5)6/h13-15,19H,12H2,1-10H3/t13-,14-,15-/m0/s1. The Kier molecular flexibility index (Phi) is 5.99. The van der Waals surface area contributed by atoms with Crippen molar-refractivity contribution in [2.45, 2.75) is 96.1 Å². The molecule has 3 atom stereocenters. The van der Waals surface area contributed by atoms with E-state index in [1.54, 1.807) is 0 Å². The SMILES string of the molecule is CC(C)(C)[Si](C)(C)O[C@H]1[C@H](C#N)NC[C@@H]1O[Si](C)(C)C(C)(C)C. The number of nitrogens with one attached hydrogen (secondary N) is 1. The highest BCUT2D eigenvalue weighted by atomic mass is 28.4. The second-order valence-corrected chi connectivity index (χ2v) is 19.3. The van der Waals surface area contributed by atoms with Crippen molar-refractivity contribution < 1.29 is 8.85 Å². The highest BCUT2D eigenvalue weighted by molar-refractivity contribution is 6.74. The van der Waals surface area contributed by atoms with Crippen molar-refractivity contribution in [3.8, 4) is 6.07 Å². The lowest BCUT2D eigenvalue weighted by Gasteiger charge is -2.43. The number of nitrogens with zero attached hydrogens (tertiary/aromatic N) is 1. The van der Waals surface area contributed by atoms with Gasteiger partial charge in [-0.15, -0.1) is 0 Å². The van der Waals surface area contributed by atoms with Crippen molar-refractivity contribution in [1.82, 2.24) is 5.32 Å². The smallest absolute Gasteiger partial charge is 0.192 e. The Balaban J connectivity index is 2.99. The predicted molar refractivity (Wildman–Crippen MR) is 102 cm³/mol. The van der Waals surface area contributed by atoms with E-state index in [0.29, 0.717) is 6.54 Å². The largest absolute Gasteiger partial charge is 0.410 e. The molecule has 0 aliphatic carbocycles. The average molecular weight is 357 g/mol. The first-order valence-corrected chi connectivity index (χ1v) is 14.4. The van der Waals surface area contributed by atoms with E-state index in [1.807, 2.05) is 0 Å². The van der Waals surface area contributed by atoms with Gasteiger partial charge in [0.05, 0.1) is 18.3 Å². The third-order valence-corrected chi connectivity index (χ3v) is 14.8. The number of nitriles is 1. The Hall–Kier alpha value is -0.196. The molecule has 23 heavy (non-hydrogen) atoms. The zero-order chi connectivity index (χ0) is 18.3. The first-order chi connectivity index (χ1) is 10.1. The first kappa shape index (κ1) is 20.8. The van der Waals surface area contributed by atoms with Gasteiger partial charge in [-0.1, -0.05) is 41.5 Å². The molecule has 1 aliphatic heterocycles. The highest BCUT2D eigenvalue weighted by Gasteiger charge is 2.49. The van der Waals surface area contributed by atoms with Crippen LogP contribution in [0.2, 0.25) is 36.3 Å². The molecule has 4 nitrogen and oxygen atoms in total. The average Bonchev–Trinajstić information content (AvgIpc) is 2.67. The lowest BCUT2D eigenvalue weighted by Crippen LogP contribution is -2.52. The third kappa shape index (κ3) is 4.67. The molecule has 6 heteroatoms. The van der Waals surface area contributed by atoms with Crippen molar-refractivity contribution >= 4 is 16.6 Å². The van der Waals surface area contributed by atoms with Crippen LogP contribution < -0.4 is 5.32 Å². The molecule has 1 rings (SSSR count). The van der Waals surface area contributed by atoms with Crippen molar-refractivity contribution in [3.63, 3.8) is 0 Å². The maximum Gasteiger partial charge on any atom is 0.192 e. The third-order valence-electron chi connectivity index (χ3n) is 5.86. The summed E-state index contributed by atoms with van der Waals surface area (Å²) in [5.41, 5.74) is 0. The molecule has 0 aromatic heterocycles. The predicted octanol–water partition coefficient (Wildman–Crippen LogP) is 4.26. The zero-order valence-electron chi connectivity index (χ0n) is 16.7. The molecular formula is C17H36N2O2Si2. The quantitative estimate of drug-likeness (QED) is 0.765.